The molecular formula is C33H43N5O6. The molecule has 1 aromatic heterocycles. The Labute approximate surface area is 258 Å². The van der Waals surface area contributed by atoms with Crippen molar-refractivity contribution in [2.24, 2.45) is 0 Å². The number of rotatable bonds is 12. The number of hydrogen-bond acceptors (Lipinski definition) is 7. The summed E-state index contributed by atoms with van der Waals surface area (Å²) in [6, 6.07) is 18.1. The van der Waals surface area contributed by atoms with Crippen molar-refractivity contribution in [3.8, 4) is 0 Å². The number of benzene rings is 2. The van der Waals surface area contributed by atoms with Crippen LogP contribution in [-0.4, -0.2) is 103 Å². The second-order valence-electron chi connectivity index (χ2n) is 11.3. The molecule has 1 amide bonds. The predicted octanol–water partition coefficient (Wildman–Crippen LogP) is 3.78. The Morgan fingerprint density at radius 3 is 1.93 bits per heavy atom. The van der Waals surface area contributed by atoms with Crippen LogP contribution in [0.4, 0.5) is 0 Å². The SMILES string of the molecule is CC(C)N(C(=O)CN1CCN(Cc2nc3ccccc3n2CCC(=O)c2ccccc2)CC1)C(C)C.O=C(O)/C=C\C(=O)O. The summed E-state index contributed by atoms with van der Waals surface area (Å²) >= 11 is 0. The van der Waals surface area contributed by atoms with Gasteiger partial charge in [0.25, 0.3) is 0 Å². The number of hydrogen-bond donors (Lipinski definition) is 2. The van der Waals surface area contributed by atoms with Crippen LogP contribution in [0.1, 0.15) is 50.3 Å². The van der Waals surface area contributed by atoms with Crippen LogP contribution in [0.15, 0.2) is 66.7 Å². The lowest BCUT2D eigenvalue weighted by molar-refractivity contribution is -0.136. The summed E-state index contributed by atoms with van der Waals surface area (Å²) in [7, 11) is 0. The number of imidazole rings is 1. The maximum Gasteiger partial charge on any atom is 0.328 e. The Balaban J connectivity index is 0.000000583. The predicted molar refractivity (Wildman–Crippen MR) is 168 cm³/mol. The quantitative estimate of drug-likeness (QED) is 0.233. The van der Waals surface area contributed by atoms with E-state index in [0.717, 1.165) is 55.1 Å². The number of para-hydroxylation sites is 2. The highest BCUT2D eigenvalue weighted by Crippen LogP contribution is 2.19. The van der Waals surface area contributed by atoms with E-state index in [1.165, 1.54) is 0 Å². The van der Waals surface area contributed by atoms with Crippen molar-refractivity contribution in [2.45, 2.75) is 59.3 Å². The van der Waals surface area contributed by atoms with E-state index >= 15 is 0 Å². The zero-order chi connectivity index (χ0) is 32.2. The first kappa shape index (κ1) is 34.1. The molecule has 1 aliphatic heterocycles. The number of aryl methyl sites for hydroxylation is 1. The van der Waals surface area contributed by atoms with Gasteiger partial charge in [0.15, 0.2) is 5.78 Å². The van der Waals surface area contributed by atoms with Gasteiger partial charge < -0.3 is 19.7 Å². The van der Waals surface area contributed by atoms with Gasteiger partial charge >= 0.3 is 11.9 Å². The first-order chi connectivity index (χ1) is 21.0. The molecule has 2 N–H and O–H groups in total. The summed E-state index contributed by atoms with van der Waals surface area (Å²) in [5, 5.41) is 15.6. The fraction of sp³-hybridized carbons (Fsp3) is 0.424. The van der Waals surface area contributed by atoms with Crippen molar-refractivity contribution >= 4 is 34.7 Å². The number of Topliss-reactive ketones (excluding diaryl/α,β-unsaturated/α-hetero) is 1. The first-order valence-electron chi connectivity index (χ1n) is 14.9. The van der Waals surface area contributed by atoms with Crippen molar-refractivity contribution in [1.82, 2.24) is 24.3 Å². The molecular weight excluding hydrogens is 562 g/mol. The molecule has 236 valence electrons. The number of aromatic nitrogens is 2. The molecule has 3 aromatic rings. The van der Waals surface area contributed by atoms with E-state index in [1.807, 2.05) is 53.4 Å². The zero-order valence-electron chi connectivity index (χ0n) is 25.9. The molecule has 44 heavy (non-hydrogen) atoms. The molecule has 11 heteroatoms. The fourth-order valence-electron chi connectivity index (χ4n) is 5.37. The van der Waals surface area contributed by atoms with Gasteiger partial charge in [-0.15, -0.1) is 0 Å². The van der Waals surface area contributed by atoms with Crippen LogP contribution in [0.3, 0.4) is 0 Å². The summed E-state index contributed by atoms with van der Waals surface area (Å²) in [5.41, 5.74) is 2.79. The van der Waals surface area contributed by atoms with Gasteiger partial charge in [-0.1, -0.05) is 42.5 Å². The van der Waals surface area contributed by atoms with Crippen molar-refractivity contribution < 1.29 is 29.4 Å². The fourth-order valence-corrected chi connectivity index (χ4v) is 5.37. The second-order valence-corrected chi connectivity index (χ2v) is 11.3. The normalized spacial score (nSPS) is 14.1. The third-order valence-electron chi connectivity index (χ3n) is 7.35. The Kier molecular flexibility index (Phi) is 12.8. The van der Waals surface area contributed by atoms with Crippen LogP contribution in [0, 0.1) is 0 Å². The molecule has 0 radical (unpaired) electrons. The van der Waals surface area contributed by atoms with E-state index in [4.69, 9.17) is 15.2 Å². The van der Waals surface area contributed by atoms with Gasteiger partial charge in [-0.2, -0.15) is 0 Å². The maximum atomic E-state index is 12.9. The Morgan fingerprint density at radius 1 is 0.818 bits per heavy atom. The largest absolute Gasteiger partial charge is 0.478 e. The molecule has 2 aromatic carbocycles. The number of piperazine rings is 1. The molecule has 0 bridgehead atoms. The highest BCUT2D eigenvalue weighted by molar-refractivity contribution is 5.96. The number of amides is 1. The monoisotopic (exact) mass is 605 g/mol. The second kappa shape index (κ2) is 16.5. The standard InChI is InChI=1S/C29H39N5O2.C4H4O4/c1-22(2)34(23(3)4)29(36)21-32-18-16-31(17-19-32)20-28-30-25-12-8-9-13-26(25)33(28)15-14-27(35)24-10-6-5-7-11-24;5-3(6)1-2-4(7)8/h5-13,22-23H,14-21H2,1-4H3;1-2H,(H,5,6)(H,7,8)/b;2-1-. The zero-order valence-corrected chi connectivity index (χ0v) is 25.9. The highest BCUT2D eigenvalue weighted by atomic mass is 16.4. The van der Waals surface area contributed by atoms with Crippen LogP contribution in [0.2, 0.25) is 0 Å². The molecule has 1 aliphatic rings. The third-order valence-corrected chi connectivity index (χ3v) is 7.35. The van der Waals surface area contributed by atoms with E-state index in [1.54, 1.807) is 0 Å². The number of carbonyl (C=O) groups is 4. The number of carbonyl (C=O) groups excluding carboxylic acids is 2. The van der Waals surface area contributed by atoms with Crippen LogP contribution in [0.5, 0.6) is 0 Å². The molecule has 0 atom stereocenters. The van der Waals surface area contributed by atoms with Crippen molar-refractivity contribution in [3.05, 3.63) is 78.1 Å². The first-order valence-corrected chi connectivity index (χ1v) is 14.9. The van der Waals surface area contributed by atoms with Gasteiger partial charge in [0.1, 0.15) is 5.82 Å². The van der Waals surface area contributed by atoms with E-state index in [2.05, 4.69) is 48.1 Å². The Morgan fingerprint density at radius 2 is 1.36 bits per heavy atom. The molecule has 4 rings (SSSR count). The summed E-state index contributed by atoms with van der Waals surface area (Å²) in [4.78, 5) is 56.3. The Bertz CT molecular complexity index is 1420. The lowest BCUT2D eigenvalue weighted by Crippen LogP contribution is -2.52. The molecule has 0 unspecified atom stereocenters. The summed E-state index contributed by atoms with van der Waals surface area (Å²) in [5.74, 6) is -1.17. The van der Waals surface area contributed by atoms with Crippen LogP contribution >= 0.6 is 0 Å². The van der Waals surface area contributed by atoms with Gasteiger partial charge in [-0.05, 0) is 39.8 Å². The topological polar surface area (TPSA) is 136 Å². The average Bonchev–Trinajstić information content (AvgIpc) is 3.33. The molecule has 0 spiro atoms. The molecule has 1 saturated heterocycles. The lowest BCUT2D eigenvalue weighted by atomic mass is 10.1. The van der Waals surface area contributed by atoms with E-state index in [0.29, 0.717) is 31.7 Å². The minimum Gasteiger partial charge on any atom is -0.478 e. The van der Waals surface area contributed by atoms with Crippen LogP contribution in [-0.2, 0) is 27.5 Å². The van der Waals surface area contributed by atoms with Crippen molar-refractivity contribution in [1.29, 1.82) is 0 Å². The van der Waals surface area contributed by atoms with Gasteiger partial charge in [-0.25, -0.2) is 14.6 Å². The lowest BCUT2D eigenvalue weighted by Gasteiger charge is -2.37. The minimum atomic E-state index is -1.26. The average molecular weight is 606 g/mol. The summed E-state index contributed by atoms with van der Waals surface area (Å²) in [6.45, 7) is 13.6. The summed E-state index contributed by atoms with van der Waals surface area (Å²) < 4.78 is 2.20. The van der Waals surface area contributed by atoms with Gasteiger partial charge in [-0.3, -0.25) is 19.4 Å². The van der Waals surface area contributed by atoms with Crippen molar-refractivity contribution in [3.63, 3.8) is 0 Å². The molecule has 11 nitrogen and oxygen atoms in total. The number of ketones is 1. The number of carboxylic acid groups (broad SMARTS) is 2. The van der Waals surface area contributed by atoms with E-state index in [9.17, 15) is 19.2 Å². The number of nitrogens with zero attached hydrogens (tertiary/aromatic N) is 5. The highest BCUT2D eigenvalue weighted by Gasteiger charge is 2.25. The molecule has 1 fully saturated rings. The van der Waals surface area contributed by atoms with Gasteiger partial charge in [0.05, 0.1) is 24.1 Å². The Hall–Kier alpha value is -4.35. The third kappa shape index (κ3) is 10.1. The van der Waals surface area contributed by atoms with E-state index in [-0.39, 0.29) is 23.8 Å². The number of aliphatic carboxylic acids is 2. The molecule has 2 heterocycles. The van der Waals surface area contributed by atoms with Gasteiger partial charge in [0.2, 0.25) is 5.91 Å². The van der Waals surface area contributed by atoms with Crippen LogP contribution < -0.4 is 0 Å². The summed E-state index contributed by atoms with van der Waals surface area (Å²) in [6.07, 6.45) is 1.56. The number of fused-ring (bicyclic) bond motifs is 1. The molecule has 0 saturated carbocycles. The van der Waals surface area contributed by atoms with Crippen molar-refractivity contribution in [2.75, 3.05) is 32.7 Å². The number of carboxylic acids is 2. The minimum absolute atomic E-state index is 0.148. The van der Waals surface area contributed by atoms with Crippen LogP contribution in [0.25, 0.3) is 11.0 Å². The maximum absolute atomic E-state index is 12.9. The van der Waals surface area contributed by atoms with Gasteiger partial charge in [0, 0.05) is 68.9 Å². The smallest absolute Gasteiger partial charge is 0.328 e. The molecule has 0 aliphatic carbocycles. The van der Waals surface area contributed by atoms with E-state index < -0.39 is 11.9 Å².